The van der Waals surface area contributed by atoms with E-state index in [4.69, 9.17) is 9.40 Å². The second-order valence-electron chi connectivity index (χ2n) is 6.87. The lowest BCUT2D eigenvalue weighted by Crippen LogP contribution is -2.34. The van der Waals surface area contributed by atoms with Gasteiger partial charge in [0, 0.05) is 26.2 Å². The first kappa shape index (κ1) is 18.5. The molecule has 2 aliphatic rings. The van der Waals surface area contributed by atoms with Crippen molar-refractivity contribution < 1.29 is 4.42 Å². The maximum atomic E-state index is 5.49. The van der Waals surface area contributed by atoms with Gasteiger partial charge in [-0.3, -0.25) is 0 Å². The highest BCUT2D eigenvalue weighted by atomic mass is 127. The van der Waals surface area contributed by atoms with Crippen LogP contribution in [-0.4, -0.2) is 47.3 Å². The fourth-order valence-corrected chi connectivity index (χ4v) is 3.86. The maximum Gasteiger partial charge on any atom is 0.250 e. The van der Waals surface area contributed by atoms with Crippen LogP contribution in [0.1, 0.15) is 44.3 Å². The van der Waals surface area contributed by atoms with Crippen molar-refractivity contribution >= 4 is 46.7 Å². The van der Waals surface area contributed by atoms with E-state index in [0.29, 0.717) is 11.7 Å². The molecule has 9 heteroatoms. The molecule has 0 aromatic carbocycles. The SMILES string of the molecule is Ic1ccc(/C=N\Nc2nc(N3CCCCC3)nc(N3CCCCC3)n2)o1. The van der Waals surface area contributed by atoms with E-state index in [1.807, 2.05) is 12.1 Å². The third-order valence-electron chi connectivity index (χ3n) is 4.84. The molecule has 8 nitrogen and oxygen atoms in total. The zero-order valence-electron chi connectivity index (χ0n) is 15.3. The van der Waals surface area contributed by atoms with Gasteiger partial charge in [0.1, 0.15) is 5.76 Å². The monoisotopic (exact) mass is 481 g/mol. The number of nitrogens with one attached hydrogen (secondary N) is 1. The normalized spacial score (nSPS) is 18.3. The highest BCUT2D eigenvalue weighted by molar-refractivity contribution is 14.1. The molecule has 27 heavy (non-hydrogen) atoms. The van der Waals surface area contributed by atoms with Crippen molar-refractivity contribution in [2.75, 3.05) is 41.4 Å². The van der Waals surface area contributed by atoms with E-state index in [-0.39, 0.29) is 0 Å². The first-order valence-electron chi connectivity index (χ1n) is 9.58. The van der Waals surface area contributed by atoms with Crippen molar-refractivity contribution in [1.29, 1.82) is 0 Å². The van der Waals surface area contributed by atoms with Crippen molar-refractivity contribution in [3.05, 3.63) is 21.7 Å². The molecule has 0 atom stereocenters. The molecule has 2 aromatic rings. The number of hydrazone groups is 1. The van der Waals surface area contributed by atoms with Gasteiger partial charge in [-0.2, -0.15) is 20.1 Å². The van der Waals surface area contributed by atoms with Crippen LogP contribution in [0.5, 0.6) is 0 Å². The summed E-state index contributed by atoms with van der Waals surface area (Å²) in [5.41, 5.74) is 2.95. The van der Waals surface area contributed by atoms with Gasteiger partial charge in [0.05, 0.1) is 6.21 Å². The van der Waals surface area contributed by atoms with Crippen LogP contribution in [0.25, 0.3) is 0 Å². The average molecular weight is 481 g/mol. The number of rotatable bonds is 5. The van der Waals surface area contributed by atoms with E-state index in [0.717, 1.165) is 41.8 Å². The Bertz CT molecular complexity index is 746. The van der Waals surface area contributed by atoms with E-state index in [1.54, 1.807) is 6.21 Å². The third-order valence-corrected chi connectivity index (χ3v) is 5.42. The lowest BCUT2D eigenvalue weighted by atomic mass is 10.1. The molecular formula is C18H24IN7O. The number of piperidine rings is 2. The molecule has 0 unspecified atom stereocenters. The Morgan fingerprint density at radius 3 is 2.00 bits per heavy atom. The molecule has 0 spiro atoms. The van der Waals surface area contributed by atoms with E-state index in [1.165, 1.54) is 38.5 Å². The molecule has 0 saturated carbocycles. The van der Waals surface area contributed by atoms with Crippen LogP contribution < -0.4 is 15.2 Å². The van der Waals surface area contributed by atoms with Crippen LogP contribution in [-0.2, 0) is 0 Å². The van der Waals surface area contributed by atoms with Crippen molar-refractivity contribution in [2.45, 2.75) is 38.5 Å². The number of furan rings is 1. The summed E-state index contributed by atoms with van der Waals surface area (Å²) in [6, 6.07) is 3.77. The molecular weight excluding hydrogens is 457 g/mol. The van der Waals surface area contributed by atoms with Crippen LogP contribution in [0.3, 0.4) is 0 Å². The molecule has 2 saturated heterocycles. The smallest absolute Gasteiger partial charge is 0.250 e. The number of anilines is 3. The Morgan fingerprint density at radius 2 is 1.48 bits per heavy atom. The maximum absolute atomic E-state index is 5.49. The molecule has 4 rings (SSSR count). The van der Waals surface area contributed by atoms with Gasteiger partial charge >= 0.3 is 0 Å². The van der Waals surface area contributed by atoms with Gasteiger partial charge in [0.2, 0.25) is 17.8 Å². The Kier molecular flexibility index (Phi) is 6.05. The Morgan fingerprint density at radius 1 is 0.889 bits per heavy atom. The minimum Gasteiger partial charge on any atom is -0.449 e. The summed E-state index contributed by atoms with van der Waals surface area (Å²) >= 11 is 2.13. The van der Waals surface area contributed by atoms with Crippen molar-refractivity contribution in [1.82, 2.24) is 15.0 Å². The molecule has 2 aromatic heterocycles. The standard InChI is InChI=1S/C18H24IN7O/c19-15-8-7-14(27-15)13-20-24-16-21-17(25-9-3-1-4-10-25)23-18(22-16)26-11-5-2-6-12-26/h7-8,13H,1-6,9-12H2,(H,21,22,23,24)/b20-13-. The number of nitrogens with zero attached hydrogens (tertiary/aromatic N) is 6. The second-order valence-corrected chi connectivity index (χ2v) is 7.93. The first-order valence-corrected chi connectivity index (χ1v) is 10.7. The molecule has 2 fully saturated rings. The van der Waals surface area contributed by atoms with E-state index in [2.05, 4.69) is 52.9 Å². The van der Waals surface area contributed by atoms with Gasteiger partial charge in [0.25, 0.3) is 0 Å². The Balaban J connectivity index is 1.55. The zero-order valence-corrected chi connectivity index (χ0v) is 17.4. The fraction of sp³-hybridized carbons (Fsp3) is 0.556. The summed E-state index contributed by atoms with van der Waals surface area (Å²) in [6.45, 7) is 3.99. The lowest BCUT2D eigenvalue weighted by Gasteiger charge is -2.30. The summed E-state index contributed by atoms with van der Waals surface area (Å²) < 4.78 is 6.31. The van der Waals surface area contributed by atoms with Gasteiger partial charge in [0.15, 0.2) is 3.77 Å². The fourth-order valence-electron chi connectivity index (χ4n) is 3.43. The number of aromatic nitrogens is 3. The van der Waals surface area contributed by atoms with Crippen LogP contribution in [0.2, 0.25) is 0 Å². The molecule has 4 heterocycles. The first-order chi connectivity index (χ1) is 13.3. The minimum absolute atomic E-state index is 0.476. The van der Waals surface area contributed by atoms with Crippen LogP contribution in [0.4, 0.5) is 17.8 Å². The predicted molar refractivity (Wildman–Crippen MR) is 115 cm³/mol. The highest BCUT2D eigenvalue weighted by Crippen LogP contribution is 2.22. The van der Waals surface area contributed by atoms with Gasteiger partial charge < -0.3 is 14.2 Å². The van der Waals surface area contributed by atoms with E-state index in [9.17, 15) is 0 Å². The molecule has 0 amide bonds. The highest BCUT2D eigenvalue weighted by Gasteiger charge is 2.20. The summed E-state index contributed by atoms with van der Waals surface area (Å²) in [5.74, 6) is 2.66. The summed E-state index contributed by atoms with van der Waals surface area (Å²) in [4.78, 5) is 18.5. The number of hydrogen-bond acceptors (Lipinski definition) is 8. The predicted octanol–water partition coefficient (Wildman–Crippen LogP) is 3.50. The van der Waals surface area contributed by atoms with Gasteiger partial charge in [-0.1, -0.05) is 0 Å². The summed E-state index contributed by atoms with van der Waals surface area (Å²) in [5, 5.41) is 4.24. The number of hydrogen-bond donors (Lipinski definition) is 1. The van der Waals surface area contributed by atoms with Gasteiger partial charge in [-0.15, -0.1) is 0 Å². The Labute approximate surface area is 172 Å². The van der Waals surface area contributed by atoms with Crippen molar-refractivity contribution in [3.8, 4) is 0 Å². The quantitative estimate of drug-likeness (QED) is 0.398. The molecule has 0 radical (unpaired) electrons. The van der Waals surface area contributed by atoms with Crippen LogP contribution in [0.15, 0.2) is 21.7 Å². The molecule has 0 aliphatic carbocycles. The Hall–Kier alpha value is -1.91. The number of halogens is 1. The lowest BCUT2D eigenvalue weighted by molar-refractivity contribution is 0.531. The summed E-state index contributed by atoms with van der Waals surface area (Å²) in [6.07, 6.45) is 8.92. The molecule has 144 valence electrons. The van der Waals surface area contributed by atoms with Crippen LogP contribution >= 0.6 is 22.6 Å². The second kappa shape index (κ2) is 8.85. The van der Waals surface area contributed by atoms with Crippen LogP contribution in [0, 0.1) is 3.77 Å². The zero-order chi connectivity index (χ0) is 18.5. The average Bonchev–Trinajstić information content (AvgIpc) is 3.14. The van der Waals surface area contributed by atoms with Crippen molar-refractivity contribution in [3.63, 3.8) is 0 Å². The van der Waals surface area contributed by atoms with Gasteiger partial charge in [-0.25, -0.2) is 5.43 Å². The van der Waals surface area contributed by atoms with E-state index < -0.39 is 0 Å². The summed E-state index contributed by atoms with van der Waals surface area (Å²) in [7, 11) is 0. The topological polar surface area (TPSA) is 82.7 Å². The molecule has 0 bridgehead atoms. The molecule has 2 aliphatic heterocycles. The molecule has 1 N–H and O–H groups in total. The minimum atomic E-state index is 0.476. The van der Waals surface area contributed by atoms with Gasteiger partial charge in [-0.05, 0) is 73.2 Å². The largest absolute Gasteiger partial charge is 0.449 e. The van der Waals surface area contributed by atoms with Crippen molar-refractivity contribution in [2.24, 2.45) is 5.10 Å². The third kappa shape index (κ3) is 4.88. The van der Waals surface area contributed by atoms with E-state index >= 15 is 0 Å².